The molecule has 1 aromatic rings. The zero-order valence-corrected chi connectivity index (χ0v) is 16.5. The van der Waals surface area contributed by atoms with Gasteiger partial charge in [0.05, 0.1) is 30.5 Å². The number of β-lactam (4-membered cyclic amide) rings is 1. The van der Waals surface area contributed by atoms with Gasteiger partial charge in [0.1, 0.15) is 0 Å². The summed E-state index contributed by atoms with van der Waals surface area (Å²) in [5, 5.41) is 9.56. The van der Waals surface area contributed by atoms with Crippen LogP contribution in [0.2, 0.25) is 0 Å². The average molecular weight is 410 g/mol. The highest BCUT2D eigenvalue weighted by Crippen LogP contribution is 2.55. The molecule has 1 amide bonds. The number of fused-ring (bicyclic) bond motifs is 1. The fourth-order valence-corrected chi connectivity index (χ4v) is 5.16. The molecule has 5 atom stereocenters. The number of pyridine rings is 1. The van der Waals surface area contributed by atoms with Crippen LogP contribution in [0, 0.1) is 5.92 Å². The minimum atomic E-state index is -1.23. The Bertz CT molecular complexity index is 760. The number of amides is 1. The predicted octanol–water partition coefficient (Wildman–Crippen LogP) is 1.25. The standard InChI is InChI=1S/C18H22N2O7S/c1-4-25-17(24)27-11(3)26-16(23)18(12-6-5-7-19-8-12)9-20-14(22)13(10(2)21)15(20)28-18/h5-8,10-11,13,15,21H,4,9H2,1-3H3/t10-,11?,13+,15-,18?/m1/s1. The van der Waals surface area contributed by atoms with Gasteiger partial charge in [-0.05, 0) is 25.5 Å². The fraction of sp³-hybridized carbons (Fsp3) is 0.556. The zero-order chi connectivity index (χ0) is 20.5. The third-order valence-electron chi connectivity index (χ3n) is 4.67. The molecule has 0 radical (unpaired) electrons. The lowest BCUT2D eigenvalue weighted by molar-refractivity contribution is -0.172. The van der Waals surface area contributed by atoms with E-state index in [1.54, 1.807) is 43.3 Å². The van der Waals surface area contributed by atoms with Crippen molar-refractivity contribution in [3.8, 4) is 0 Å². The van der Waals surface area contributed by atoms with Crippen molar-refractivity contribution in [1.82, 2.24) is 9.88 Å². The molecule has 0 aliphatic carbocycles. The number of carbonyl (C=O) groups is 3. The first-order valence-electron chi connectivity index (χ1n) is 8.91. The highest BCUT2D eigenvalue weighted by atomic mass is 32.2. The van der Waals surface area contributed by atoms with Crippen molar-refractivity contribution in [3.63, 3.8) is 0 Å². The Kier molecular flexibility index (Phi) is 5.80. The number of esters is 1. The van der Waals surface area contributed by atoms with Gasteiger partial charge in [-0.2, -0.15) is 0 Å². The van der Waals surface area contributed by atoms with E-state index < -0.39 is 35.2 Å². The summed E-state index contributed by atoms with van der Waals surface area (Å²) < 4.78 is 13.7. The van der Waals surface area contributed by atoms with E-state index >= 15 is 0 Å². The molecule has 1 aromatic heterocycles. The summed E-state index contributed by atoms with van der Waals surface area (Å²) in [6.07, 6.45) is 0.183. The van der Waals surface area contributed by atoms with Gasteiger partial charge in [0, 0.05) is 19.3 Å². The van der Waals surface area contributed by atoms with Crippen LogP contribution < -0.4 is 0 Å². The number of ether oxygens (including phenoxy) is 3. The van der Waals surface area contributed by atoms with E-state index in [1.807, 2.05) is 0 Å². The van der Waals surface area contributed by atoms with Gasteiger partial charge in [0.25, 0.3) is 0 Å². The molecule has 1 N–H and O–H groups in total. The second-order valence-corrected chi connectivity index (χ2v) is 8.00. The Morgan fingerprint density at radius 3 is 2.79 bits per heavy atom. The second kappa shape index (κ2) is 7.96. The lowest BCUT2D eigenvalue weighted by Gasteiger charge is -2.42. The molecule has 10 heteroatoms. The van der Waals surface area contributed by atoms with Gasteiger partial charge in [-0.1, -0.05) is 6.07 Å². The molecule has 0 spiro atoms. The van der Waals surface area contributed by atoms with Crippen LogP contribution in [0.1, 0.15) is 26.3 Å². The molecule has 9 nitrogen and oxygen atoms in total. The lowest BCUT2D eigenvalue weighted by Crippen LogP contribution is -2.60. The van der Waals surface area contributed by atoms with Gasteiger partial charge in [0.2, 0.25) is 12.2 Å². The number of nitrogens with zero attached hydrogens (tertiary/aromatic N) is 2. The topological polar surface area (TPSA) is 115 Å². The van der Waals surface area contributed by atoms with Crippen LogP contribution in [-0.2, 0) is 28.5 Å². The summed E-state index contributed by atoms with van der Waals surface area (Å²) in [5.41, 5.74) is 0.569. The first-order chi connectivity index (χ1) is 13.3. The van der Waals surface area contributed by atoms with Crippen molar-refractivity contribution in [2.24, 2.45) is 5.92 Å². The van der Waals surface area contributed by atoms with Crippen LogP contribution in [-0.4, -0.2) is 63.9 Å². The number of aliphatic hydroxyl groups is 1. The van der Waals surface area contributed by atoms with E-state index in [1.165, 1.54) is 18.7 Å². The largest absolute Gasteiger partial charge is 0.511 e. The van der Waals surface area contributed by atoms with Crippen LogP contribution in [0.3, 0.4) is 0 Å². The van der Waals surface area contributed by atoms with Gasteiger partial charge >= 0.3 is 12.1 Å². The summed E-state index contributed by atoms with van der Waals surface area (Å²) in [6, 6.07) is 3.42. The molecule has 28 heavy (non-hydrogen) atoms. The molecule has 2 aliphatic heterocycles. The van der Waals surface area contributed by atoms with Crippen molar-refractivity contribution in [2.75, 3.05) is 13.2 Å². The quantitative estimate of drug-likeness (QED) is 0.420. The number of rotatable bonds is 6. The number of aliphatic hydroxyl groups excluding tert-OH is 1. The van der Waals surface area contributed by atoms with Crippen LogP contribution in [0.25, 0.3) is 0 Å². The van der Waals surface area contributed by atoms with E-state index in [-0.39, 0.29) is 24.4 Å². The van der Waals surface area contributed by atoms with Gasteiger partial charge in [-0.25, -0.2) is 9.59 Å². The van der Waals surface area contributed by atoms with Crippen molar-refractivity contribution < 1.29 is 33.7 Å². The zero-order valence-electron chi connectivity index (χ0n) is 15.7. The van der Waals surface area contributed by atoms with Gasteiger partial charge in [-0.3, -0.25) is 9.78 Å². The maximum atomic E-state index is 13.1. The van der Waals surface area contributed by atoms with E-state index in [0.717, 1.165) is 0 Å². The number of hydrogen-bond donors (Lipinski definition) is 1. The van der Waals surface area contributed by atoms with E-state index in [9.17, 15) is 19.5 Å². The maximum Gasteiger partial charge on any atom is 0.511 e. The summed E-state index contributed by atoms with van der Waals surface area (Å²) in [5.74, 6) is -1.44. The molecule has 0 bridgehead atoms. The van der Waals surface area contributed by atoms with Gasteiger partial charge in [0.15, 0.2) is 4.75 Å². The van der Waals surface area contributed by atoms with Crippen LogP contribution in [0.15, 0.2) is 24.5 Å². The van der Waals surface area contributed by atoms with E-state index in [2.05, 4.69) is 9.72 Å². The molecule has 2 saturated heterocycles. The number of thioether (sulfide) groups is 1. The Hall–Kier alpha value is -2.33. The van der Waals surface area contributed by atoms with Gasteiger partial charge < -0.3 is 24.2 Å². The van der Waals surface area contributed by atoms with E-state index in [4.69, 9.17) is 9.47 Å². The minimum absolute atomic E-state index is 0.0844. The van der Waals surface area contributed by atoms with Crippen molar-refractivity contribution in [3.05, 3.63) is 30.1 Å². The fourth-order valence-electron chi connectivity index (χ4n) is 3.33. The molecular formula is C18H22N2O7S. The average Bonchev–Trinajstić information content (AvgIpc) is 2.98. The molecule has 0 aromatic carbocycles. The van der Waals surface area contributed by atoms with Crippen LogP contribution >= 0.6 is 11.8 Å². The summed E-state index contributed by atoms with van der Waals surface area (Å²) in [7, 11) is 0. The molecule has 152 valence electrons. The predicted molar refractivity (Wildman–Crippen MR) is 97.8 cm³/mol. The normalized spacial score (nSPS) is 28.0. The number of carbonyl (C=O) groups excluding carboxylic acids is 3. The number of aromatic nitrogens is 1. The first kappa shape index (κ1) is 20.4. The van der Waals surface area contributed by atoms with Crippen molar-refractivity contribution in [1.29, 1.82) is 0 Å². The Balaban J connectivity index is 1.83. The summed E-state index contributed by atoms with van der Waals surface area (Å²) in [6.45, 7) is 4.81. The number of hydrogen-bond acceptors (Lipinski definition) is 9. The minimum Gasteiger partial charge on any atom is -0.435 e. The Morgan fingerprint density at radius 1 is 1.43 bits per heavy atom. The third-order valence-corrected chi connectivity index (χ3v) is 6.40. The third kappa shape index (κ3) is 3.53. The molecule has 2 aliphatic rings. The van der Waals surface area contributed by atoms with Crippen molar-refractivity contribution in [2.45, 2.75) is 43.3 Å². The molecule has 2 fully saturated rings. The first-order valence-corrected chi connectivity index (χ1v) is 9.79. The van der Waals surface area contributed by atoms with Crippen LogP contribution in [0.4, 0.5) is 4.79 Å². The smallest absolute Gasteiger partial charge is 0.435 e. The highest BCUT2D eigenvalue weighted by molar-refractivity contribution is 8.02. The van der Waals surface area contributed by atoms with Crippen molar-refractivity contribution >= 4 is 29.8 Å². The lowest BCUT2D eigenvalue weighted by atomic mass is 9.90. The Morgan fingerprint density at radius 2 is 2.18 bits per heavy atom. The molecule has 2 unspecified atom stereocenters. The summed E-state index contributed by atoms with van der Waals surface area (Å²) in [4.78, 5) is 42.6. The Labute approximate surface area is 166 Å². The van der Waals surface area contributed by atoms with Crippen LogP contribution in [0.5, 0.6) is 0 Å². The van der Waals surface area contributed by atoms with Gasteiger partial charge in [-0.15, -0.1) is 11.8 Å². The monoisotopic (exact) mass is 410 g/mol. The maximum absolute atomic E-state index is 13.1. The summed E-state index contributed by atoms with van der Waals surface area (Å²) >= 11 is 1.24. The molecule has 3 rings (SSSR count). The SMILES string of the molecule is CCOC(=O)OC(C)OC(=O)C1(c2cccnc2)CN2C(=O)[C@H]([C@@H](C)O)[C@H]2S1. The second-order valence-electron chi connectivity index (χ2n) is 6.58. The molecule has 3 heterocycles. The highest BCUT2D eigenvalue weighted by Gasteiger charge is 2.64. The van der Waals surface area contributed by atoms with E-state index in [0.29, 0.717) is 5.56 Å². The molecule has 0 saturated carbocycles. The molecular weight excluding hydrogens is 388 g/mol.